The van der Waals surface area contributed by atoms with Gasteiger partial charge in [0.15, 0.2) is 5.13 Å². The molecule has 0 saturated heterocycles. The second-order valence-electron chi connectivity index (χ2n) is 6.89. The number of carbonyl (C=O) groups is 2. The van der Waals surface area contributed by atoms with E-state index in [2.05, 4.69) is 22.2 Å². The zero-order valence-corrected chi connectivity index (χ0v) is 16.2. The van der Waals surface area contributed by atoms with E-state index >= 15 is 0 Å². The minimum atomic E-state index is -0.697. The van der Waals surface area contributed by atoms with Crippen molar-refractivity contribution in [1.29, 1.82) is 0 Å². The number of anilines is 1. The van der Waals surface area contributed by atoms with Crippen LogP contribution in [0, 0.1) is 0 Å². The summed E-state index contributed by atoms with van der Waals surface area (Å²) in [5, 5.41) is 5.96. The first-order chi connectivity index (χ1) is 12.3. The number of nitrogens with one attached hydrogen (secondary N) is 2. The molecule has 1 aromatic heterocycles. The van der Waals surface area contributed by atoms with E-state index in [9.17, 15) is 9.59 Å². The fraction of sp³-hybridized carbons (Fsp3) is 0.421. The summed E-state index contributed by atoms with van der Waals surface area (Å²) < 4.78 is 6.25. The van der Waals surface area contributed by atoms with Crippen LogP contribution in [-0.4, -0.2) is 28.6 Å². The van der Waals surface area contributed by atoms with Crippen molar-refractivity contribution in [2.75, 3.05) is 5.32 Å². The van der Waals surface area contributed by atoms with Crippen LogP contribution in [0.5, 0.6) is 0 Å². The number of rotatable bonds is 7. The number of unbranched alkanes of at least 4 members (excludes halogenated alkanes) is 1. The predicted molar refractivity (Wildman–Crippen MR) is 105 cm³/mol. The van der Waals surface area contributed by atoms with Gasteiger partial charge in [0.1, 0.15) is 11.6 Å². The molecule has 2 N–H and O–H groups in total. The number of hydrogen-bond acceptors (Lipinski definition) is 5. The van der Waals surface area contributed by atoms with Crippen molar-refractivity contribution in [2.24, 2.45) is 0 Å². The number of amides is 2. The van der Waals surface area contributed by atoms with Gasteiger partial charge >= 0.3 is 6.09 Å². The number of hydrogen-bond donors (Lipinski definition) is 2. The van der Waals surface area contributed by atoms with Crippen molar-refractivity contribution < 1.29 is 14.3 Å². The molecule has 6 nitrogen and oxygen atoms in total. The molecule has 0 aliphatic carbocycles. The van der Waals surface area contributed by atoms with Crippen LogP contribution in [0.3, 0.4) is 0 Å². The number of alkyl carbamates (subject to hydrolysis) is 1. The van der Waals surface area contributed by atoms with Gasteiger partial charge in [-0.2, -0.15) is 0 Å². The number of fused-ring (bicyclic) bond motifs is 1. The van der Waals surface area contributed by atoms with Crippen molar-refractivity contribution >= 4 is 38.7 Å². The second-order valence-corrected chi connectivity index (χ2v) is 7.93. The fourth-order valence-corrected chi connectivity index (χ4v) is 3.17. The lowest BCUT2D eigenvalue weighted by molar-refractivity contribution is -0.118. The van der Waals surface area contributed by atoms with E-state index in [0.29, 0.717) is 11.6 Å². The molecule has 0 aliphatic heterocycles. The molecule has 1 unspecified atom stereocenters. The molecule has 1 atom stereocenters. The molecule has 140 valence electrons. The van der Waals surface area contributed by atoms with Crippen LogP contribution in [0.4, 0.5) is 9.93 Å². The van der Waals surface area contributed by atoms with Gasteiger partial charge in [0.25, 0.3) is 0 Å². The number of aromatic nitrogens is 1. The molecular weight excluding hydrogens is 350 g/mol. The van der Waals surface area contributed by atoms with Crippen LogP contribution in [0.1, 0.15) is 40.0 Å². The van der Waals surface area contributed by atoms with Gasteiger partial charge < -0.3 is 15.4 Å². The minimum absolute atomic E-state index is 0.307. The van der Waals surface area contributed by atoms with Crippen molar-refractivity contribution in [3.63, 3.8) is 0 Å². The Hall–Kier alpha value is -2.41. The minimum Gasteiger partial charge on any atom is -0.444 e. The van der Waals surface area contributed by atoms with Gasteiger partial charge in [0.2, 0.25) is 5.91 Å². The molecule has 0 spiro atoms. The summed E-state index contributed by atoms with van der Waals surface area (Å²) >= 11 is 1.40. The summed E-state index contributed by atoms with van der Waals surface area (Å²) in [7, 11) is 0. The maximum absolute atomic E-state index is 12.6. The zero-order chi connectivity index (χ0) is 19.2. The Balaban J connectivity index is 2.05. The van der Waals surface area contributed by atoms with Crippen molar-refractivity contribution in [2.45, 2.75) is 51.7 Å². The van der Waals surface area contributed by atoms with E-state index in [1.54, 1.807) is 26.8 Å². The Bertz CT molecular complexity index is 747. The summed E-state index contributed by atoms with van der Waals surface area (Å²) in [5.74, 6) is -0.307. The number of nitrogens with zero attached hydrogens (tertiary/aromatic N) is 1. The highest BCUT2D eigenvalue weighted by Crippen LogP contribution is 2.25. The number of benzene rings is 1. The molecule has 2 aromatic rings. The molecule has 0 radical (unpaired) electrons. The van der Waals surface area contributed by atoms with E-state index in [1.807, 2.05) is 24.3 Å². The maximum Gasteiger partial charge on any atom is 0.408 e. The van der Waals surface area contributed by atoms with Gasteiger partial charge in [-0.15, -0.1) is 6.58 Å². The molecule has 0 saturated carbocycles. The predicted octanol–water partition coefficient (Wildman–Crippen LogP) is 4.48. The molecule has 0 fully saturated rings. The molecule has 26 heavy (non-hydrogen) atoms. The number of para-hydroxylation sites is 1. The average Bonchev–Trinajstić information content (AvgIpc) is 2.94. The Morgan fingerprint density at radius 3 is 2.73 bits per heavy atom. The Morgan fingerprint density at radius 2 is 2.08 bits per heavy atom. The fourth-order valence-electron chi connectivity index (χ4n) is 2.30. The first-order valence-electron chi connectivity index (χ1n) is 8.55. The van der Waals surface area contributed by atoms with Gasteiger partial charge in [-0.25, -0.2) is 9.78 Å². The van der Waals surface area contributed by atoms with E-state index < -0.39 is 17.7 Å². The Kier molecular flexibility index (Phi) is 6.74. The van der Waals surface area contributed by atoms with Gasteiger partial charge in [-0.1, -0.05) is 29.5 Å². The van der Waals surface area contributed by atoms with Gasteiger partial charge in [0, 0.05) is 0 Å². The molecule has 0 aliphatic rings. The first kappa shape index (κ1) is 19.9. The quantitative estimate of drug-likeness (QED) is 0.552. The molecule has 7 heteroatoms. The monoisotopic (exact) mass is 375 g/mol. The summed E-state index contributed by atoms with van der Waals surface area (Å²) in [6.07, 6.45) is 3.16. The van der Waals surface area contributed by atoms with Crippen LogP contribution < -0.4 is 10.6 Å². The number of ether oxygens (including phenoxy) is 1. The van der Waals surface area contributed by atoms with E-state index in [-0.39, 0.29) is 5.91 Å². The highest BCUT2D eigenvalue weighted by molar-refractivity contribution is 7.22. The van der Waals surface area contributed by atoms with Crippen molar-refractivity contribution in [3.8, 4) is 0 Å². The normalized spacial score (nSPS) is 12.4. The lowest BCUT2D eigenvalue weighted by Gasteiger charge is -2.23. The highest BCUT2D eigenvalue weighted by Gasteiger charge is 2.24. The van der Waals surface area contributed by atoms with Crippen LogP contribution in [-0.2, 0) is 9.53 Å². The average molecular weight is 375 g/mol. The summed E-state index contributed by atoms with van der Waals surface area (Å²) in [6.45, 7) is 9.02. The highest BCUT2D eigenvalue weighted by atomic mass is 32.1. The van der Waals surface area contributed by atoms with E-state index in [0.717, 1.165) is 23.1 Å². The third-order valence-corrected chi connectivity index (χ3v) is 4.38. The second kappa shape index (κ2) is 8.80. The first-order valence-corrected chi connectivity index (χ1v) is 9.37. The number of carbonyl (C=O) groups excluding carboxylic acids is 2. The largest absolute Gasteiger partial charge is 0.444 e. The van der Waals surface area contributed by atoms with Gasteiger partial charge in [-0.3, -0.25) is 4.79 Å². The Morgan fingerprint density at radius 1 is 1.35 bits per heavy atom. The summed E-state index contributed by atoms with van der Waals surface area (Å²) in [5.41, 5.74) is 0.204. The van der Waals surface area contributed by atoms with Crippen molar-refractivity contribution in [3.05, 3.63) is 36.9 Å². The summed E-state index contributed by atoms with van der Waals surface area (Å²) in [6, 6.07) is 6.96. The van der Waals surface area contributed by atoms with Crippen LogP contribution in [0.15, 0.2) is 36.9 Å². The molecule has 2 rings (SSSR count). The molecular formula is C19H25N3O3S. The van der Waals surface area contributed by atoms with E-state index in [1.165, 1.54) is 11.3 Å². The standard InChI is InChI=1S/C19H25N3O3S/c1-5-6-7-11-14(21-18(24)25-19(2,3)4)16(23)22-17-20-13-10-8-9-12-15(13)26-17/h5,8-10,12,14H,1,6-7,11H2,2-4H3,(H,21,24)(H,20,22,23). The number of allylic oxidation sites excluding steroid dienone is 1. The third kappa shape index (κ3) is 6.15. The zero-order valence-electron chi connectivity index (χ0n) is 15.4. The van der Waals surface area contributed by atoms with E-state index in [4.69, 9.17) is 4.74 Å². The van der Waals surface area contributed by atoms with Crippen LogP contribution in [0.2, 0.25) is 0 Å². The topological polar surface area (TPSA) is 80.3 Å². The van der Waals surface area contributed by atoms with Crippen LogP contribution >= 0.6 is 11.3 Å². The van der Waals surface area contributed by atoms with Gasteiger partial charge in [0.05, 0.1) is 10.2 Å². The Labute approximate surface area is 157 Å². The summed E-state index contributed by atoms with van der Waals surface area (Å²) in [4.78, 5) is 29.1. The van der Waals surface area contributed by atoms with Crippen LogP contribution in [0.25, 0.3) is 10.2 Å². The SMILES string of the molecule is C=CCCCC(NC(=O)OC(C)(C)C)C(=O)Nc1nc2ccccc2s1. The molecule has 2 amide bonds. The molecule has 1 heterocycles. The lowest BCUT2D eigenvalue weighted by atomic mass is 10.1. The van der Waals surface area contributed by atoms with Crippen molar-refractivity contribution in [1.82, 2.24) is 10.3 Å². The lowest BCUT2D eigenvalue weighted by Crippen LogP contribution is -2.45. The molecule has 0 bridgehead atoms. The smallest absolute Gasteiger partial charge is 0.408 e. The maximum atomic E-state index is 12.6. The number of thiazole rings is 1. The molecule has 1 aromatic carbocycles. The third-order valence-electron chi connectivity index (χ3n) is 3.43. The van der Waals surface area contributed by atoms with Gasteiger partial charge in [-0.05, 0) is 52.2 Å².